The number of imidazole rings is 1. The highest BCUT2D eigenvalue weighted by molar-refractivity contribution is 5.80. The Hall–Kier alpha value is -2.62. The largest absolute Gasteiger partial charge is 0.352 e. The number of rotatable bonds is 3. The van der Waals surface area contributed by atoms with Crippen LogP contribution in [0.4, 0.5) is 0 Å². The fraction of sp³-hybridized carbons (Fsp3) is 0.333. The van der Waals surface area contributed by atoms with Gasteiger partial charge in [0.2, 0.25) is 5.91 Å². The van der Waals surface area contributed by atoms with Crippen molar-refractivity contribution in [1.82, 2.24) is 14.9 Å². The maximum Gasteiger partial charge on any atom is 0.223 e. The standard InChI is InChI=1S/C21H23N3O/c1-14-7-8-15(2)17(11-14)13-22-21(25)16-9-10-24-19-6-4-3-5-18(19)23-20(24)12-16/h3-8,11,16H,9-10,12-13H2,1-2H3,(H,22,25)/t16-/m1/s1. The molecule has 0 spiro atoms. The molecule has 128 valence electrons. The average Bonchev–Trinajstić information content (AvgIpc) is 3.00. The van der Waals surface area contributed by atoms with E-state index in [2.05, 4.69) is 48.0 Å². The predicted octanol–water partition coefficient (Wildman–Crippen LogP) is 3.53. The van der Waals surface area contributed by atoms with Crippen molar-refractivity contribution in [2.45, 2.75) is 39.8 Å². The van der Waals surface area contributed by atoms with Crippen molar-refractivity contribution in [2.75, 3.05) is 0 Å². The minimum absolute atomic E-state index is 0.00873. The van der Waals surface area contributed by atoms with E-state index in [1.807, 2.05) is 18.2 Å². The number of aromatic nitrogens is 2. The summed E-state index contributed by atoms with van der Waals surface area (Å²) in [6, 6.07) is 14.6. The van der Waals surface area contributed by atoms with E-state index in [9.17, 15) is 4.79 Å². The fourth-order valence-electron chi connectivity index (χ4n) is 3.68. The molecule has 3 aromatic rings. The Labute approximate surface area is 147 Å². The van der Waals surface area contributed by atoms with Crippen LogP contribution in [0, 0.1) is 19.8 Å². The molecule has 1 aromatic heterocycles. The second-order valence-electron chi connectivity index (χ2n) is 7.01. The van der Waals surface area contributed by atoms with Gasteiger partial charge in [-0.05, 0) is 43.5 Å². The first-order valence-electron chi connectivity index (χ1n) is 8.90. The van der Waals surface area contributed by atoms with Gasteiger partial charge in [-0.1, -0.05) is 35.9 Å². The van der Waals surface area contributed by atoms with Gasteiger partial charge in [-0.25, -0.2) is 4.98 Å². The first-order chi connectivity index (χ1) is 12.1. The van der Waals surface area contributed by atoms with Crippen molar-refractivity contribution in [3.8, 4) is 0 Å². The molecule has 2 aromatic carbocycles. The molecule has 0 saturated heterocycles. The molecule has 1 N–H and O–H groups in total. The van der Waals surface area contributed by atoms with E-state index in [0.717, 1.165) is 24.3 Å². The molecule has 1 atom stereocenters. The Kier molecular flexibility index (Phi) is 4.04. The van der Waals surface area contributed by atoms with E-state index in [-0.39, 0.29) is 11.8 Å². The number of hydrogen-bond donors (Lipinski definition) is 1. The van der Waals surface area contributed by atoms with Crippen LogP contribution in [0.5, 0.6) is 0 Å². The summed E-state index contributed by atoms with van der Waals surface area (Å²) in [5.41, 5.74) is 5.83. The lowest BCUT2D eigenvalue weighted by atomic mass is 9.96. The summed E-state index contributed by atoms with van der Waals surface area (Å²) in [5.74, 6) is 1.17. The highest BCUT2D eigenvalue weighted by Gasteiger charge is 2.26. The predicted molar refractivity (Wildman–Crippen MR) is 99.3 cm³/mol. The third-order valence-electron chi connectivity index (χ3n) is 5.19. The lowest BCUT2D eigenvalue weighted by Gasteiger charge is -2.23. The smallest absolute Gasteiger partial charge is 0.223 e. The first-order valence-corrected chi connectivity index (χ1v) is 8.90. The van der Waals surface area contributed by atoms with Crippen LogP contribution in [0.3, 0.4) is 0 Å². The Balaban J connectivity index is 1.46. The highest BCUT2D eigenvalue weighted by atomic mass is 16.1. The normalized spacial score (nSPS) is 16.6. The monoisotopic (exact) mass is 333 g/mol. The summed E-state index contributed by atoms with van der Waals surface area (Å²) in [7, 11) is 0. The van der Waals surface area contributed by atoms with Crippen molar-refractivity contribution in [2.24, 2.45) is 5.92 Å². The zero-order valence-electron chi connectivity index (χ0n) is 14.7. The summed E-state index contributed by atoms with van der Waals surface area (Å²) in [6.45, 7) is 5.62. The molecule has 0 unspecified atom stereocenters. The maximum atomic E-state index is 12.6. The van der Waals surface area contributed by atoms with Crippen LogP contribution < -0.4 is 5.32 Å². The Bertz CT molecular complexity index is 941. The van der Waals surface area contributed by atoms with Crippen molar-refractivity contribution in [3.63, 3.8) is 0 Å². The number of hydrogen-bond acceptors (Lipinski definition) is 2. The summed E-state index contributed by atoms with van der Waals surface area (Å²) in [4.78, 5) is 17.4. The highest BCUT2D eigenvalue weighted by Crippen LogP contribution is 2.25. The maximum absolute atomic E-state index is 12.6. The van der Waals surface area contributed by atoms with Gasteiger partial charge in [-0.3, -0.25) is 4.79 Å². The quantitative estimate of drug-likeness (QED) is 0.797. The number of aryl methyl sites for hydroxylation is 3. The zero-order valence-corrected chi connectivity index (χ0v) is 14.7. The van der Waals surface area contributed by atoms with Crippen LogP contribution in [0.1, 0.15) is 28.9 Å². The summed E-state index contributed by atoms with van der Waals surface area (Å²) in [5, 5.41) is 3.13. The molecule has 1 aliphatic rings. The molecule has 0 aliphatic carbocycles. The number of fused-ring (bicyclic) bond motifs is 3. The molecule has 1 amide bonds. The molecule has 0 saturated carbocycles. The van der Waals surface area contributed by atoms with Gasteiger partial charge in [0.05, 0.1) is 11.0 Å². The van der Waals surface area contributed by atoms with E-state index < -0.39 is 0 Å². The molecule has 0 bridgehead atoms. The molecule has 4 rings (SSSR count). The number of amides is 1. The summed E-state index contributed by atoms with van der Waals surface area (Å²) < 4.78 is 2.25. The van der Waals surface area contributed by atoms with Crippen LogP contribution in [0.2, 0.25) is 0 Å². The third-order valence-corrected chi connectivity index (χ3v) is 5.19. The van der Waals surface area contributed by atoms with Gasteiger partial charge < -0.3 is 9.88 Å². The Morgan fingerprint density at radius 1 is 1.24 bits per heavy atom. The van der Waals surface area contributed by atoms with E-state index in [4.69, 9.17) is 4.98 Å². The lowest BCUT2D eigenvalue weighted by Crippen LogP contribution is -2.35. The van der Waals surface area contributed by atoms with Gasteiger partial charge in [0, 0.05) is 25.4 Å². The number of para-hydroxylation sites is 2. The van der Waals surface area contributed by atoms with E-state index in [1.165, 1.54) is 22.2 Å². The van der Waals surface area contributed by atoms with E-state index in [1.54, 1.807) is 0 Å². The second kappa shape index (κ2) is 6.36. The van der Waals surface area contributed by atoms with Gasteiger partial charge in [0.1, 0.15) is 5.82 Å². The molecule has 2 heterocycles. The molecule has 0 radical (unpaired) electrons. The van der Waals surface area contributed by atoms with Crippen molar-refractivity contribution in [3.05, 3.63) is 65.0 Å². The van der Waals surface area contributed by atoms with Crippen LogP contribution >= 0.6 is 0 Å². The van der Waals surface area contributed by atoms with Gasteiger partial charge in [0.25, 0.3) is 0 Å². The number of carbonyl (C=O) groups is 1. The molecular weight excluding hydrogens is 310 g/mol. The van der Waals surface area contributed by atoms with Crippen molar-refractivity contribution >= 4 is 16.9 Å². The first kappa shape index (κ1) is 15.9. The lowest BCUT2D eigenvalue weighted by molar-refractivity contribution is -0.125. The fourth-order valence-corrected chi connectivity index (χ4v) is 3.68. The van der Waals surface area contributed by atoms with Gasteiger partial charge in [0.15, 0.2) is 0 Å². The minimum atomic E-state index is 0.00873. The van der Waals surface area contributed by atoms with Crippen LogP contribution in [-0.2, 0) is 24.3 Å². The molecular formula is C21H23N3O. The zero-order chi connectivity index (χ0) is 17.4. The second-order valence-corrected chi connectivity index (χ2v) is 7.01. The van der Waals surface area contributed by atoms with E-state index in [0.29, 0.717) is 13.0 Å². The molecule has 1 aliphatic heterocycles. The van der Waals surface area contributed by atoms with Crippen LogP contribution in [0.25, 0.3) is 11.0 Å². The van der Waals surface area contributed by atoms with Crippen LogP contribution in [-0.4, -0.2) is 15.5 Å². The molecule has 25 heavy (non-hydrogen) atoms. The Morgan fingerprint density at radius 3 is 2.96 bits per heavy atom. The van der Waals surface area contributed by atoms with Crippen molar-refractivity contribution < 1.29 is 4.79 Å². The minimum Gasteiger partial charge on any atom is -0.352 e. The van der Waals surface area contributed by atoms with Crippen molar-refractivity contribution in [1.29, 1.82) is 0 Å². The van der Waals surface area contributed by atoms with Gasteiger partial charge >= 0.3 is 0 Å². The molecule has 4 nitrogen and oxygen atoms in total. The van der Waals surface area contributed by atoms with Gasteiger partial charge in [-0.15, -0.1) is 0 Å². The average molecular weight is 333 g/mol. The number of nitrogens with zero attached hydrogens (tertiary/aromatic N) is 2. The topological polar surface area (TPSA) is 46.9 Å². The van der Waals surface area contributed by atoms with Gasteiger partial charge in [-0.2, -0.15) is 0 Å². The van der Waals surface area contributed by atoms with Crippen LogP contribution in [0.15, 0.2) is 42.5 Å². The summed E-state index contributed by atoms with van der Waals surface area (Å²) >= 11 is 0. The number of carbonyl (C=O) groups excluding carboxylic acids is 1. The number of nitrogens with one attached hydrogen (secondary N) is 1. The Morgan fingerprint density at radius 2 is 2.08 bits per heavy atom. The SMILES string of the molecule is Cc1ccc(C)c(CNC(=O)[C@@H]2CCn3c(nc4ccccc43)C2)c1. The molecule has 0 fully saturated rings. The third kappa shape index (κ3) is 3.04. The molecule has 4 heteroatoms. The number of benzene rings is 2. The van der Waals surface area contributed by atoms with E-state index >= 15 is 0 Å². The summed E-state index contributed by atoms with van der Waals surface area (Å²) in [6.07, 6.45) is 1.58.